The second kappa shape index (κ2) is 5.35. The van der Waals surface area contributed by atoms with Crippen molar-refractivity contribution in [2.45, 2.75) is 12.5 Å². The molecule has 1 aliphatic heterocycles. The van der Waals surface area contributed by atoms with Gasteiger partial charge in [0.1, 0.15) is 5.75 Å². The maximum Gasteiger partial charge on any atom is 0.143 e. The molecule has 0 fully saturated rings. The van der Waals surface area contributed by atoms with E-state index in [1.165, 1.54) is 6.07 Å². The molecule has 3 rings (SSSR count). The fourth-order valence-corrected chi connectivity index (χ4v) is 2.77. The molecule has 1 unspecified atom stereocenters. The molecular formula is C15H12Cl2N2O. The van der Waals surface area contributed by atoms with E-state index in [-0.39, 0.29) is 16.8 Å². The van der Waals surface area contributed by atoms with E-state index < -0.39 is 0 Å². The normalized spacial score (nSPS) is 17.7. The summed E-state index contributed by atoms with van der Waals surface area (Å²) in [5, 5.41) is 15.1. The number of phenolic OH excluding ortho intramolecular Hbond substituents is 1. The molecule has 1 atom stereocenters. The maximum absolute atomic E-state index is 10.0. The zero-order chi connectivity index (χ0) is 14.1. The number of hydrogen-bond acceptors (Lipinski definition) is 3. The number of benzene rings is 2. The average Bonchev–Trinajstić information content (AvgIpc) is 2.93. The second-order valence-corrected chi connectivity index (χ2v) is 5.48. The zero-order valence-corrected chi connectivity index (χ0v) is 12.0. The lowest BCUT2D eigenvalue weighted by molar-refractivity contribution is 0.474. The summed E-state index contributed by atoms with van der Waals surface area (Å²) in [6.45, 7) is 0. The van der Waals surface area contributed by atoms with Crippen molar-refractivity contribution < 1.29 is 5.11 Å². The van der Waals surface area contributed by atoms with Gasteiger partial charge in [-0.25, -0.2) is 0 Å². The van der Waals surface area contributed by atoms with Crippen LogP contribution in [-0.2, 0) is 0 Å². The van der Waals surface area contributed by atoms with E-state index >= 15 is 0 Å². The first-order chi connectivity index (χ1) is 9.65. The van der Waals surface area contributed by atoms with Crippen LogP contribution in [0, 0.1) is 0 Å². The van der Waals surface area contributed by atoms with E-state index in [0.29, 0.717) is 17.0 Å². The average molecular weight is 307 g/mol. The number of nitrogens with one attached hydrogen (secondary N) is 1. The van der Waals surface area contributed by atoms with Gasteiger partial charge in [-0.1, -0.05) is 53.5 Å². The summed E-state index contributed by atoms with van der Waals surface area (Å²) in [4.78, 5) is 0. The van der Waals surface area contributed by atoms with Gasteiger partial charge in [0.15, 0.2) is 0 Å². The highest BCUT2D eigenvalue weighted by atomic mass is 35.5. The van der Waals surface area contributed by atoms with Crippen molar-refractivity contribution >= 4 is 28.9 Å². The number of halogens is 2. The predicted octanol–water partition coefficient (Wildman–Crippen LogP) is 4.14. The predicted molar refractivity (Wildman–Crippen MR) is 81.6 cm³/mol. The van der Waals surface area contributed by atoms with Gasteiger partial charge in [0.05, 0.1) is 16.8 Å². The molecule has 5 heteroatoms. The van der Waals surface area contributed by atoms with Crippen molar-refractivity contribution in [1.82, 2.24) is 5.43 Å². The summed E-state index contributed by atoms with van der Waals surface area (Å²) in [7, 11) is 0. The molecule has 3 nitrogen and oxygen atoms in total. The molecule has 0 bridgehead atoms. The van der Waals surface area contributed by atoms with E-state index in [1.807, 2.05) is 30.3 Å². The van der Waals surface area contributed by atoms with Crippen LogP contribution in [0.1, 0.15) is 23.6 Å². The van der Waals surface area contributed by atoms with Crippen LogP contribution in [0.3, 0.4) is 0 Å². The Labute approximate surface area is 126 Å². The maximum atomic E-state index is 10.0. The lowest BCUT2D eigenvalue weighted by atomic mass is 9.99. The largest absolute Gasteiger partial charge is 0.506 e. The van der Waals surface area contributed by atoms with Gasteiger partial charge in [-0.2, -0.15) is 5.10 Å². The van der Waals surface area contributed by atoms with Crippen molar-refractivity contribution in [1.29, 1.82) is 0 Å². The number of hydrazone groups is 1. The summed E-state index contributed by atoms with van der Waals surface area (Å²) in [6, 6.07) is 13.3. The summed E-state index contributed by atoms with van der Waals surface area (Å²) in [5.74, 6) is 0.0188. The van der Waals surface area contributed by atoms with Crippen molar-refractivity contribution in [2.75, 3.05) is 0 Å². The lowest BCUT2D eigenvalue weighted by Crippen LogP contribution is -2.09. The smallest absolute Gasteiger partial charge is 0.143 e. The summed E-state index contributed by atoms with van der Waals surface area (Å²) < 4.78 is 0. The molecular weight excluding hydrogens is 295 g/mol. The Balaban J connectivity index is 1.88. The molecule has 0 amide bonds. The third-order valence-corrected chi connectivity index (χ3v) is 3.80. The van der Waals surface area contributed by atoms with Gasteiger partial charge in [0, 0.05) is 17.0 Å². The van der Waals surface area contributed by atoms with Crippen molar-refractivity contribution in [3.63, 3.8) is 0 Å². The Morgan fingerprint density at radius 2 is 1.90 bits per heavy atom. The van der Waals surface area contributed by atoms with Gasteiger partial charge in [-0.3, -0.25) is 0 Å². The van der Waals surface area contributed by atoms with E-state index in [4.69, 9.17) is 23.2 Å². The highest BCUT2D eigenvalue weighted by molar-refractivity contribution is 6.36. The topological polar surface area (TPSA) is 44.6 Å². The third kappa shape index (κ3) is 2.47. The van der Waals surface area contributed by atoms with Crippen LogP contribution in [0.5, 0.6) is 5.75 Å². The number of nitrogens with zero attached hydrogens (tertiary/aromatic N) is 1. The molecule has 20 heavy (non-hydrogen) atoms. The van der Waals surface area contributed by atoms with E-state index in [1.54, 1.807) is 6.07 Å². The summed E-state index contributed by atoms with van der Waals surface area (Å²) >= 11 is 11.9. The van der Waals surface area contributed by atoms with Crippen molar-refractivity contribution in [2.24, 2.45) is 5.10 Å². The first-order valence-corrected chi connectivity index (χ1v) is 6.96. The molecule has 1 aliphatic rings. The Hall–Kier alpha value is -1.71. The molecule has 2 N–H and O–H groups in total. The molecule has 0 saturated heterocycles. The quantitative estimate of drug-likeness (QED) is 0.876. The number of hydrogen-bond donors (Lipinski definition) is 2. The molecule has 0 aliphatic carbocycles. The fourth-order valence-electron chi connectivity index (χ4n) is 2.27. The van der Waals surface area contributed by atoms with Gasteiger partial charge < -0.3 is 10.5 Å². The summed E-state index contributed by atoms with van der Waals surface area (Å²) in [6.07, 6.45) is 0.675. The Bertz CT molecular complexity index is 671. The van der Waals surface area contributed by atoms with Gasteiger partial charge in [0.25, 0.3) is 0 Å². The monoisotopic (exact) mass is 306 g/mol. The van der Waals surface area contributed by atoms with Crippen LogP contribution < -0.4 is 5.43 Å². The Kier molecular flexibility index (Phi) is 3.55. The van der Waals surface area contributed by atoms with Crippen LogP contribution in [0.15, 0.2) is 47.6 Å². The third-order valence-electron chi connectivity index (χ3n) is 3.29. The van der Waals surface area contributed by atoms with Crippen molar-refractivity contribution in [3.05, 3.63) is 63.6 Å². The number of rotatable bonds is 2. The molecule has 0 saturated carbocycles. The molecule has 2 aromatic rings. The molecule has 2 aromatic carbocycles. The SMILES string of the molecule is Oc1c(Cl)cc(Cl)cc1C1=NNC(c2ccccc2)C1. The minimum absolute atomic E-state index is 0.0188. The van der Waals surface area contributed by atoms with Crippen LogP contribution in [0.25, 0.3) is 0 Å². The fraction of sp³-hybridized carbons (Fsp3) is 0.133. The molecule has 0 radical (unpaired) electrons. The van der Waals surface area contributed by atoms with Crippen LogP contribution in [0.2, 0.25) is 10.0 Å². The first-order valence-electron chi connectivity index (χ1n) is 6.20. The van der Waals surface area contributed by atoms with Crippen LogP contribution in [0.4, 0.5) is 0 Å². The van der Waals surface area contributed by atoms with Gasteiger partial charge >= 0.3 is 0 Å². The van der Waals surface area contributed by atoms with Crippen LogP contribution in [-0.4, -0.2) is 10.8 Å². The second-order valence-electron chi connectivity index (χ2n) is 4.64. The molecule has 1 heterocycles. The van der Waals surface area contributed by atoms with E-state index in [0.717, 1.165) is 11.3 Å². The minimum Gasteiger partial charge on any atom is -0.506 e. The number of phenols is 1. The highest BCUT2D eigenvalue weighted by Crippen LogP contribution is 2.34. The van der Waals surface area contributed by atoms with Gasteiger partial charge in [-0.15, -0.1) is 0 Å². The molecule has 0 spiro atoms. The van der Waals surface area contributed by atoms with Crippen LogP contribution >= 0.6 is 23.2 Å². The van der Waals surface area contributed by atoms with E-state index in [9.17, 15) is 5.11 Å². The first kappa shape index (κ1) is 13.3. The molecule has 0 aromatic heterocycles. The standard InChI is InChI=1S/C15H12Cl2N2O/c16-10-6-11(15(20)12(17)7-10)14-8-13(18-19-14)9-4-2-1-3-5-9/h1-7,13,18,20H,8H2. The van der Waals surface area contributed by atoms with E-state index in [2.05, 4.69) is 10.5 Å². The Morgan fingerprint density at radius 1 is 1.15 bits per heavy atom. The van der Waals surface area contributed by atoms with Gasteiger partial charge in [0.2, 0.25) is 0 Å². The lowest BCUT2D eigenvalue weighted by Gasteiger charge is -2.10. The van der Waals surface area contributed by atoms with Gasteiger partial charge in [-0.05, 0) is 17.7 Å². The summed E-state index contributed by atoms with van der Waals surface area (Å²) in [5.41, 5.74) is 5.56. The highest BCUT2D eigenvalue weighted by Gasteiger charge is 2.24. The number of aromatic hydroxyl groups is 1. The van der Waals surface area contributed by atoms with Crippen molar-refractivity contribution in [3.8, 4) is 5.75 Å². The zero-order valence-electron chi connectivity index (χ0n) is 10.5. The Morgan fingerprint density at radius 3 is 2.65 bits per heavy atom. The molecule has 102 valence electrons. The minimum atomic E-state index is 0.0188.